The van der Waals surface area contributed by atoms with Crippen molar-refractivity contribution in [1.82, 2.24) is 0 Å². The highest BCUT2D eigenvalue weighted by molar-refractivity contribution is 14.1. The molecule has 0 unspecified atom stereocenters. The van der Waals surface area contributed by atoms with Crippen molar-refractivity contribution in [3.8, 4) is 22.3 Å². The molecule has 3 rings (SSSR count). The fraction of sp³-hybridized carbons (Fsp3) is 0. The number of halogens is 1. The lowest BCUT2D eigenvalue weighted by atomic mass is 9.95. The maximum Gasteiger partial charge on any atom is 0.0136 e. The predicted octanol–water partition coefficient (Wildman–Crippen LogP) is 5.63. The van der Waals surface area contributed by atoms with E-state index in [2.05, 4.69) is 101 Å². The van der Waals surface area contributed by atoms with Gasteiger partial charge in [0, 0.05) is 3.57 Å². The Hall–Kier alpha value is -1.61. The first-order valence-electron chi connectivity index (χ1n) is 6.25. The van der Waals surface area contributed by atoms with E-state index in [1.165, 1.54) is 25.8 Å². The first-order chi connectivity index (χ1) is 9.34. The molecule has 0 radical (unpaired) electrons. The molecule has 0 aliphatic carbocycles. The molecule has 0 aliphatic heterocycles. The average Bonchev–Trinajstić information content (AvgIpc) is 2.49. The third-order valence-electron chi connectivity index (χ3n) is 3.15. The standard InChI is InChI=1S/C18H13I/c19-16-11-12-17(14-7-3-1-4-8-14)18(13-16)15-9-5-2-6-10-15/h1-13H. The number of benzene rings is 3. The minimum Gasteiger partial charge on any atom is -0.0622 e. The van der Waals surface area contributed by atoms with Crippen LogP contribution in [0.5, 0.6) is 0 Å². The van der Waals surface area contributed by atoms with E-state index in [4.69, 9.17) is 0 Å². The van der Waals surface area contributed by atoms with Crippen LogP contribution in [0.3, 0.4) is 0 Å². The van der Waals surface area contributed by atoms with Gasteiger partial charge in [-0.3, -0.25) is 0 Å². The summed E-state index contributed by atoms with van der Waals surface area (Å²) in [5.74, 6) is 0. The van der Waals surface area contributed by atoms with Crippen molar-refractivity contribution >= 4 is 22.6 Å². The average molecular weight is 356 g/mol. The van der Waals surface area contributed by atoms with Gasteiger partial charge < -0.3 is 0 Å². The van der Waals surface area contributed by atoms with Crippen LogP contribution in [0.4, 0.5) is 0 Å². The molecule has 3 aromatic rings. The molecule has 0 aromatic heterocycles. The quantitative estimate of drug-likeness (QED) is 0.523. The van der Waals surface area contributed by atoms with Crippen molar-refractivity contribution in [2.24, 2.45) is 0 Å². The smallest absolute Gasteiger partial charge is 0.0136 e. The zero-order valence-corrected chi connectivity index (χ0v) is 12.5. The Kier molecular flexibility index (Phi) is 3.65. The van der Waals surface area contributed by atoms with Gasteiger partial charge >= 0.3 is 0 Å². The summed E-state index contributed by atoms with van der Waals surface area (Å²) in [5, 5.41) is 0. The zero-order chi connectivity index (χ0) is 13.1. The van der Waals surface area contributed by atoms with Crippen molar-refractivity contribution in [3.63, 3.8) is 0 Å². The molecular formula is C18H13I. The molecule has 0 amide bonds. The molecule has 92 valence electrons. The summed E-state index contributed by atoms with van der Waals surface area (Å²) in [5.41, 5.74) is 5.10. The minimum absolute atomic E-state index is 1.26. The molecule has 19 heavy (non-hydrogen) atoms. The van der Waals surface area contributed by atoms with Gasteiger partial charge in [-0.1, -0.05) is 66.7 Å². The van der Waals surface area contributed by atoms with Gasteiger partial charge in [-0.05, 0) is 57.0 Å². The van der Waals surface area contributed by atoms with Gasteiger partial charge in [0.1, 0.15) is 0 Å². The Morgan fingerprint density at radius 1 is 0.526 bits per heavy atom. The molecule has 0 heterocycles. The Labute approximate surface area is 127 Å². The molecule has 0 saturated heterocycles. The van der Waals surface area contributed by atoms with Crippen LogP contribution in [0.2, 0.25) is 0 Å². The largest absolute Gasteiger partial charge is 0.0622 e. The Bertz CT molecular complexity index is 673. The normalized spacial score (nSPS) is 10.4. The highest BCUT2D eigenvalue weighted by atomic mass is 127. The molecule has 0 fully saturated rings. The topological polar surface area (TPSA) is 0 Å². The van der Waals surface area contributed by atoms with Crippen molar-refractivity contribution in [3.05, 3.63) is 82.4 Å². The molecule has 0 N–H and O–H groups in total. The monoisotopic (exact) mass is 356 g/mol. The van der Waals surface area contributed by atoms with E-state index in [1.807, 2.05) is 0 Å². The van der Waals surface area contributed by atoms with E-state index >= 15 is 0 Å². The van der Waals surface area contributed by atoms with Gasteiger partial charge in [0.15, 0.2) is 0 Å². The van der Waals surface area contributed by atoms with Gasteiger partial charge in [0.05, 0.1) is 0 Å². The molecule has 3 aromatic carbocycles. The molecular weight excluding hydrogens is 343 g/mol. The summed E-state index contributed by atoms with van der Waals surface area (Å²) in [6.07, 6.45) is 0. The highest BCUT2D eigenvalue weighted by Crippen LogP contribution is 2.33. The Balaban J connectivity index is 2.21. The van der Waals surface area contributed by atoms with Crippen LogP contribution in [0.1, 0.15) is 0 Å². The number of hydrogen-bond acceptors (Lipinski definition) is 0. The molecule has 0 atom stereocenters. The maximum absolute atomic E-state index is 2.37. The molecule has 1 heteroatoms. The van der Waals surface area contributed by atoms with Crippen LogP contribution >= 0.6 is 22.6 Å². The van der Waals surface area contributed by atoms with Gasteiger partial charge in [0.2, 0.25) is 0 Å². The maximum atomic E-state index is 2.37. The second kappa shape index (κ2) is 5.57. The number of rotatable bonds is 2. The Morgan fingerprint density at radius 2 is 1.05 bits per heavy atom. The van der Waals surface area contributed by atoms with Crippen LogP contribution < -0.4 is 0 Å². The first-order valence-corrected chi connectivity index (χ1v) is 7.33. The number of hydrogen-bond donors (Lipinski definition) is 0. The van der Waals surface area contributed by atoms with Gasteiger partial charge in [0.25, 0.3) is 0 Å². The summed E-state index contributed by atoms with van der Waals surface area (Å²) >= 11 is 2.37. The van der Waals surface area contributed by atoms with Gasteiger partial charge in [-0.25, -0.2) is 0 Å². The van der Waals surface area contributed by atoms with Crippen molar-refractivity contribution < 1.29 is 0 Å². The minimum atomic E-state index is 1.26. The summed E-state index contributed by atoms with van der Waals surface area (Å²) < 4.78 is 1.26. The lowest BCUT2D eigenvalue weighted by molar-refractivity contribution is 1.56. The van der Waals surface area contributed by atoms with Crippen LogP contribution in [-0.4, -0.2) is 0 Å². The van der Waals surface area contributed by atoms with E-state index in [1.54, 1.807) is 0 Å². The third kappa shape index (κ3) is 2.71. The third-order valence-corrected chi connectivity index (χ3v) is 3.82. The van der Waals surface area contributed by atoms with Gasteiger partial charge in [-0.2, -0.15) is 0 Å². The van der Waals surface area contributed by atoms with E-state index in [-0.39, 0.29) is 0 Å². The summed E-state index contributed by atoms with van der Waals surface area (Å²) in [4.78, 5) is 0. The second-order valence-electron chi connectivity index (χ2n) is 4.42. The molecule has 0 saturated carbocycles. The Morgan fingerprint density at radius 3 is 1.63 bits per heavy atom. The second-order valence-corrected chi connectivity index (χ2v) is 5.67. The highest BCUT2D eigenvalue weighted by Gasteiger charge is 2.07. The van der Waals surface area contributed by atoms with E-state index in [0.717, 1.165) is 0 Å². The van der Waals surface area contributed by atoms with Crippen LogP contribution in [0.25, 0.3) is 22.3 Å². The predicted molar refractivity (Wildman–Crippen MR) is 90.0 cm³/mol. The summed E-state index contributed by atoms with van der Waals surface area (Å²) in [6, 6.07) is 27.7. The fourth-order valence-electron chi connectivity index (χ4n) is 2.24. The zero-order valence-electron chi connectivity index (χ0n) is 10.4. The lowest BCUT2D eigenvalue weighted by Crippen LogP contribution is -1.86. The molecule has 0 nitrogen and oxygen atoms in total. The van der Waals surface area contributed by atoms with E-state index in [0.29, 0.717) is 0 Å². The van der Waals surface area contributed by atoms with Crippen molar-refractivity contribution in [1.29, 1.82) is 0 Å². The lowest BCUT2D eigenvalue weighted by Gasteiger charge is -2.11. The van der Waals surface area contributed by atoms with Crippen LogP contribution in [-0.2, 0) is 0 Å². The molecule has 0 aliphatic rings. The van der Waals surface area contributed by atoms with Crippen LogP contribution in [0.15, 0.2) is 78.9 Å². The van der Waals surface area contributed by atoms with Crippen LogP contribution in [0, 0.1) is 3.57 Å². The van der Waals surface area contributed by atoms with Gasteiger partial charge in [-0.15, -0.1) is 0 Å². The molecule has 0 bridgehead atoms. The van der Waals surface area contributed by atoms with Crippen molar-refractivity contribution in [2.75, 3.05) is 0 Å². The molecule has 0 spiro atoms. The first kappa shape index (κ1) is 12.4. The van der Waals surface area contributed by atoms with Crippen molar-refractivity contribution in [2.45, 2.75) is 0 Å². The summed E-state index contributed by atoms with van der Waals surface area (Å²) in [7, 11) is 0. The summed E-state index contributed by atoms with van der Waals surface area (Å²) in [6.45, 7) is 0. The fourth-order valence-corrected chi connectivity index (χ4v) is 2.73. The van der Waals surface area contributed by atoms with E-state index < -0.39 is 0 Å². The van der Waals surface area contributed by atoms with E-state index in [9.17, 15) is 0 Å². The SMILES string of the molecule is Ic1ccc(-c2ccccc2)c(-c2ccccc2)c1.